The summed E-state index contributed by atoms with van der Waals surface area (Å²) >= 11 is 0. The van der Waals surface area contributed by atoms with Crippen molar-refractivity contribution in [3.8, 4) is 0 Å². The first kappa shape index (κ1) is 12.3. The van der Waals surface area contributed by atoms with E-state index in [0.717, 1.165) is 30.9 Å². The molecular formula is C16H20FN3. The summed E-state index contributed by atoms with van der Waals surface area (Å²) in [5.41, 5.74) is 1.54. The molecule has 2 aliphatic rings. The molecule has 1 saturated heterocycles. The largest absolute Gasteiger partial charge is 0.325 e. The molecule has 0 amide bonds. The molecule has 0 spiro atoms. The van der Waals surface area contributed by atoms with Gasteiger partial charge in [0.2, 0.25) is 0 Å². The molecule has 1 aliphatic heterocycles. The maximum Gasteiger partial charge on any atom is 0.151 e. The number of para-hydroxylation sites is 1. The molecule has 0 bridgehead atoms. The molecule has 106 valence electrons. The number of nitrogens with one attached hydrogen (secondary N) is 1. The highest BCUT2D eigenvalue weighted by Crippen LogP contribution is 2.39. The minimum Gasteiger partial charge on any atom is -0.325 e. The van der Waals surface area contributed by atoms with Crippen molar-refractivity contribution in [2.24, 2.45) is 5.92 Å². The van der Waals surface area contributed by atoms with Crippen LogP contribution in [0.15, 0.2) is 18.2 Å². The molecule has 2 fully saturated rings. The van der Waals surface area contributed by atoms with Gasteiger partial charge in [-0.2, -0.15) is 0 Å². The van der Waals surface area contributed by atoms with Crippen LogP contribution in [-0.2, 0) is 6.42 Å². The molecule has 1 aliphatic carbocycles. The van der Waals surface area contributed by atoms with Crippen molar-refractivity contribution >= 4 is 11.0 Å². The molecule has 1 aromatic carbocycles. The van der Waals surface area contributed by atoms with Crippen LogP contribution in [0.1, 0.15) is 37.5 Å². The minimum atomic E-state index is -0.187. The lowest BCUT2D eigenvalue weighted by Crippen LogP contribution is -2.29. The number of rotatable bonds is 3. The highest BCUT2D eigenvalue weighted by atomic mass is 19.1. The number of imidazole rings is 1. The van der Waals surface area contributed by atoms with E-state index in [9.17, 15) is 4.39 Å². The zero-order valence-corrected chi connectivity index (χ0v) is 11.6. The van der Waals surface area contributed by atoms with E-state index in [0.29, 0.717) is 17.5 Å². The van der Waals surface area contributed by atoms with Crippen molar-refractivity contribution in [3.63, 3.8) is 0 Å². The zero-order valence-electron chi connectivity index (χ0n) is 11.6. The molecule has 1 N–H and O–H groups in total. The Labute approximate surface area is 118 Å². The number of benzene rings is 1. The summed E-state index contributed by atoms with van der Waals surface area (Å²) < 4.78 is 16.3. The molecule has 2 heterocycles. The number of hydrogen-bond donors (Lipinski definition) is 1. The molecule has 0 unspecified atom stereocenters. The van der Waals surface area contributed by atoms with Gasteiger partial charge in [0.25, 0.3) is 0 Å². The Morgan fingerprint density at radius 2 is 2.00 bits per heavy atom. The maximum absolute atomic E-state index is 14.0. The van der Waals surface area contributed by atoms with Gasteiger partial charge < -0.3 is 9.88 Å². The lowest BCUT2D eigenvalue weighted by Gasteiger charge is -2.22. The average molecular weight is 273 g/mol. The number of aromatic nitrogens is 2. The molecule has 1 aromatic heterocycles. The summed E-state index contributed by atoms with van der Waals surface area (Å²) in [6.45, 7) is 2.20. The average Bonchev–Trinajstić information content (AvgIpc) is 3.23. The SMILES string of the molecule is Fc1cccc2c1nc(CC1CCNCC1)n2C1CC1. The lowest BCUT2D eigenvalue weighted by molar-refractivity contribution is 0.363. The Morgan fingerprint density at radius 3 is 2.75 bits per heavy atom. The first-order valence-corrected chi connectivity index (χ1v) is 7.69. The third-order valence-electron chi connectivity index (χ3n) is 4.59. The molecule has 20 heavy (non-hydrogen) atoms. The molecule has 4 heteroatoms. The molecule has 0 atom stereocenters. The van der Waals surface area contributed by atoms with E-state index in [1.54, 1.807) is 6.07 Å². The summed E-state index contributed by atoms with van der Waals surface area (Å²) in [4.78, 5) is 4.64. The van der Waals surface area contributed by atoms with Gasteiger partial charge in [0.15, 0.2) is 5.82 Å². The summed E-state index contributed by atoms with van der Waals surface area (Å²) in [5.74, 6) is 1.60. The fourth-order valence-corrected chi connectivity index (χ4v) is 3.36. The smallest absolute Gasteiger partial charge is 0.151 e. The van der Waals surface area contributed by atoms with E-state index in [1.165, 1.54) is 31.7 Å². The first-order chi connectivity index (χ1) is 9.83. The van der Waals surface area contributed by atoms with E-state index in [2.05, 4.69) is 14.9 Å². The molecular weight excluding hydrogens is 253 g/mol. The van der Waals surface area contributed by atoms with Gasteiger partial charge >= 0.3 is 0 Å². The number of nitrogens with zero attached hydrogens (tertiary/aromatic N) is 2. The Kier molecular flexibility index (Phi) is 2.99. The topological polar surface area (TPSA) is 29.9 Å². The fourth-order valence-electron chi connectivity index (χ4n) is 3.36. The number of piperidine rings is 1. The third-order valence-corrected chi connectivity index (χ3v) is 4.59. The van der Waals surface area contributed by atoms with Crippen LogP contribution in [-0.4, -0.2) is 22.6 Å². The van der Waals surface area contributed by atoms with Crippen molar-refractivity contribution in [3.05, 3.63) is 29.8 Å². The van der Waals surface area contributed by atoms with E-state index < -0.39 is 0 Å². The van der Waals surface area contributed by atoms with E-state index >= 15 is 0 Å². The van der Waals surface area contributed by atoms with Crippen LogP contribution in [0.25, 0.3) is 11.0 Å². The maximum atomic E-state index is 14.0. The van der Waals surface area contributed by atoms with Gasteiger partial charge in [0.05, 0.1) is 5.52 Å². The second-order valence-corrected chi connectivity index (χ2v) is 6.13. The van der Waals surface area contributed by atoms with Crippen LogP contribution in [0.3, 0.4) is 0 Å². The second kappa shape index (κ2) is 4.85. The van der Waals surface area contributed by atoms with Crippen LogP contribution < -0.4 is 5.32 Å². The van der Waals surface area contributed by atoms with Gasteiger partial charge in [-0.25, -0.2) is 9.37 Å². The number of halogens is 1. The van der Waals surface area contributed by atoms with Gasteiger partial charge in [-0.15, -0.1) is 0 Å². The molecule has 1 saturated carbocycles. The minimum absolute atomic E-state index is 0.187. The van der Waals surface area contributed by atoms with Crippen molar-refractivity contribution in [2.75, 3.05) is 13.1 Å². The van der Waals surface area contributed by atoms with Crippen molar-refractivity contribution in [2.45, 2.75) is 38.1 Å². The Balaban J connectivity index is 1.73. The monoisotopic (exact) mass is 273 g/mol. The standard InChI is InChI=1S/C16H20FN3/c17-13-2-1-3-14-16(13)19-15(20(14)12-4-5-12)10-11-6-8-18-9-7-11/h1-3,11-12,18H,4-10H2. The Hall–Kier alpha value is -1.42. The molecule has 2 aromatic rings. The quantitative estimate of drug-likeness (QED) is 0.931. The number of fused-ring (bicyclic) bond motifs is 1. The predicted molar refractivity (Wildman–Crippen MR) is 77.3 cm³/mol. The molecule has 4 rings (SSSR count). The number of hydrogen-bond acceptors (Lipinski definition) is 2. The molecule has 0 radical (unpaired) electrons. The Morgan fingerprint density at radius 1 is 1.20 bits per heavy atom. The van der Waals surface area contributed by atoms with Gasteiger partial charge in [-0.1, -0.05) is 6.07 Å². The van der Waals surface area contributed by atoms with Crippen LogP contribution in [0.4, 0.5) is 4.39 Å². The molecule has 3 nitrogen and oxygen atoms in total. The third kappa shape index (κ3) is 2.12. The first-order valence-electron chi connectivity index (χ1n) is 7.69. The van der Waals surface area contributed by atoms with Crippen molar-refractivity contribution in [1.29, 1.82) is 0 Å². The lowest BCUT2D eigenvalue weighted by atomic mass is 9.94. The van der Waals surface area contributed by atoms with Crippen LogP contribution >= 0.6 is 0 Å². The Bertz CT molecular complexity index is 624. The zero-order chi connectivity index (χ0) is 13.5. The van der Waals surface area contributed by atoms with Gasteiger partial charge in [0, 0.05) is 12.5 Å². The summed E-state index contributed by atoms with van der Waals surface area (Å²) in [6.07, 6.45) is 5.82. The van der Waals surface area contributed by atoms with Gasteiger partial charge in [-0.05, 0) is 56.8 Å². The normalized spacial score (nSPS) is 20.6. The van der Waals surface area contributed by atoms with Crippen molar-refractivity contribution in [1.82, 2.24) is 14.9 Å². The van der Waals surface area contributed by atoms with Crippen molar-refractivity contribution < 1.29 is 4.39 Å². The van der Waals surface area contributed by atoms with E-state index in [1.807, 2.05) is 6.07 Å². The summed E-state index contributed by atoms with van der Waals surface area (Å²) in [7, 11) is 0. The highest BCUT2D eigenvalue weighted by Gasteiger charge is 2.29. The van der Waals surface area contributed by atoms with Crippen LogP contribution in [0, 0.1) is 11.7 Å². The van der Waals surface area contributed by atoms with Crippen LogP contribution in [0.2, 0.25) is 0 Å². The second-order valence-electron chi connectivity index (χ2n) is 6.13. The van der Waals surface area contributed by atoms with E-state index in [-0.39, 0.29) is 5.82 Å². The predicted octanol–water partition coefficient (Wildman–Crippen LogP) is 3.05. The van der Waals surface area contributed by atoms with Gasteiger partial charge in [-0.3, -0.25) is 0 Å². The van der Waals surface area contributed by atoms with Crippen LogP contribution in [0.5, 0.6) is 0 Å². The van der Waals surface area contributed by atoms with E-state index in [4.69, 9.17) is 0 Å². The fraction of sp³-hybridized carbons (Fsp3) is 0.562. The summed E-state index contributed by atoms with van der Waals surface area (Å²) in [6, 6.07) is 5.88. The highest BCUT2D eigenvalue weighted by molar-refractivity contribution is 5.77. The van der Waals surface area contributed by atoms with Gasteiger partial charge in [0.1, 0.15) is 11.3 Å². The summed E-state index contributed by atoms with van der Waals surface area (Å²) in [5, 5.41) is 3.40.